The number of rotatable bonds is 7. The number of ketones is 1. The van der Waals surface area contributed by atoms with Crippen LogP contribution in [0.5, 0.6) is 0 Å². The van der Waals surface area contributed by atoms with Gasteiger partial charge < -0.3 is 15.1 Å². The largest absolute Gasteiger partial charge is 0.339 e. The van der Waals surface area contributed by atoms with Gasteiger partial charge in [-0.05, 0) is 48.8 Å². The lowest BCUT2D eigenvalue weighted by Crippen LogP contribution is -2.56. The zero-order valence-corrected chi connectivity index (χ0v) is 18.9. The van der Waals surface area contributed by atoms with Gasteiger partial charge in [0.25, 0.3) is 0 Å². The molecule has 1 saturated carbocycles. The number of hydrogen-bond acceptors (Lipinski definition) is 4. The fraction of sp³-hybridized carbons (Fsp3) is 0.481. The fourth-order valence-corrected chi connectivity index (χ4v) is 5.76. The molecule has 2 aliphatic heterocycles. The number of nitrogens with zero attached hydrogens (tertiary/aromatic N) is 2. The number of carbonyl (C=O) groups is 2. The first-order valence-corrected chi connectivity index (χ1v) is 12.0. The third kappa shape index (κ3) is 4.06. The van der Waals surface area contributed by atoms with Gasteiger partial charge in [-0.25, -0.2) is 0 Å². The highest BCUT2D eigenvalue weighted by Crippen LogP contribution is 2.48. The van der Waals surface area contributed by atoms with E-state index in [0.717, 1.165) is 44.6 Å². The molecule has 5 rings (SSSR count). The SMILES string of the molecule is C[C@H](CC(=O)C1C[C@H]1c1ccccc1)CN1CCC2(CC1)C(=O)NCN2c1ccccc1. The number of likely N-dealkylation sites (tertiary alicyclic amines) is 1. The summed E-state index contributed by atoms with van der Waals surface area (Å²) in [6.45, 7) is 5.49. The summed E-state index contributed by atoms with van der Waals surface area (Å²) in [5.74, 6) is 1.56. The quantitative estimate of drug-likeness (QED) is 0.724. The lowest BCUT2D eigenvalue weighted by molar-refractivity contribution is -0.125. The van der Waals surface area contributed by atoms with Gasteiger partial charge in [-0.1, -0.05) is 55.5 Å². The van der Waals surface area contributed by atoms with Gasteiger partial charge in [0.1, 0.15) is 11.3 Å². The lowest BCUT2D eigenvalue weighted by atomic mass is 9.85. The lowest BCUT2D eigenvalue weighted by Gasteiger charge is -2.43. The first-order valence-electron chi connectivity index (χ1n) is 12.0. The van der Waals surface area contributed by atoms with Gasteiger partial charge in [0.05, 0.1) is 6.67 Å². The second-order valence-corrected chi connectivity index (χ2v) is 9.89. The maximum absolute atomic E-state index is 12.8. The Kier molecular flexibility index (Phi) is 5.76. The number of piperidine rings is 1. The molecule has 5 nitrogen and oxygen atoms in total. The van der Waals surface area contributed by atoms with Crippen molar-refractivity contribution in [1.82, 2.24) is 10.2 Å². The molecule has 3 atom stereocenters. The summed E-state index contributed by atoms with van der Waals surface area (Å²) in [7, 11) is 0. The molecule has 2 aromatic carbocycles. The number of amides is 1. The Balaban J connectivity index is 1.13. The van der Waals surface area contributed by atoms with E-state index in [-0.39, 0.29) is 11.8 Å². The van der Waals surface area contributed by atoms with E-state index < -0.39 is 5.54 Å². The Bertz CT molecular complexity index is 953. The van der Waals surface area contributed by atoms with E-state index >= 15 is 0 Å². The van der Waals surface area contributed by atoms with Gasteiger partial charge in [0, 0.05) is 37.7 Å². The molecule has 3 fully saturated rings. The van der Waals surface area contributed by atoms with Crippen molar-refractivity contribution in [2.75, 3.05) is 31.2 Å². The zero-order valence-electron chi connectivity index (χ0n) is 18.9. The van der Waals surface area contributed by atoms with Crippen LogP contribution in [0.25, 0.3) is 0 Å². The van der Waals surface area contributed by atoms with Crippen molar-refractivity contribution in [3.63, 3.8) is 0 Å². The van der Waals surface area contributed by atoms with Gasteiger partial charge in [-0.2, -0.15) is 0 Å². The average molecular weight is 432 g/mol. The summed E-state index contributed by atoms with van der Waals surface area (Å²) in [5, 5.41) is 3.07. The molecule has 3 aliphatic rings. The molecule has 1 unspecified atom stereocenters. The molecular weight excluding hydrogens is 398 g/mol. The topological polar surface area (TPSA) is 52.7 Å². The second kappa shape index (κ2) is 8.70. The van der Waals surface area contributed by atoms with Gasteiger partial charge in [0.2, 0.25) is 5.91 Å². The van der Waals surface area contributed by atoms with Crippen LogP contribution in [0.3, 0.4) is 0 Å². The molecule has 32 heavy (non-hydrogen) atoms. The Morgan fingerprint density at radius 1 is 1.06 bits per heavy atom. The summed E-state index contributed by atoms with van der Waals surface area (Å²) in [6.07, 6.45) is 3.32. The Hall–Kier alpha value is -2.66. The van der Waals surface area contributed by atoms with Crippen molar-refractivity contribution >= 4 is 17.4 Å². The molecule has 1 spiro atoms. The maximum Gasteiger partial charge on any atom is 0.247 e. The van der Waals surface area contributed by atoms with Crippen LogP contribution in [-0.4, -0.2) is 48.4 Å². The predicted molar refractivity (Wildman–Crippen MR) is 126 cm³/mol. The van der Waals surface area contributed by atoms with Crippen LogP contribution in [-0.2, 0) is 9.59 Å². The van der Waals surface area contributed by atoms with Crippen molar-refractivity contribution in [3.05, 3.63) is 66.2 Å². The van der Waals surface area contributed by atoms with Gasteiger partial charge in [0.15, 0.2) is 0 Å². The van der Waals surface area contributed by atoms with Crippen molar-refractivity contribution in [2.24, 2.45) is 11.8 Å². The van der Waals surface area contributed by atoms with E-state index in [1.165, 1.54) is 5.56 Å². The summed E-state index contributed by atoms with van der Waals surface area (Å²) in [6, 6.07) is 20.7. The highest BCUT2D eigenvalue weighted by atomic mass is 16.2. The van der Waals surface area contributed by atoms with Crippen LogP contribution >= 0.6 is 0 Å². The maximum atomic E-state index is 12.8. The van der Waals surface area contributed by atoms with Gasteiger partial charge in [-0.3, -0.25) is 9.59 Å². The third-order valence-corrected chi connectivity index (χ3v) is 7.64. The smallest absolute Gasteiger partial charge is 0.247 e. The van der Waals surface area contributed by atoms with E-state index in [4.69, 9.17) is 0 Å². The van der Waals surface area contributed by atoms with Crippen molar-refractivity contribution in [1.29, 1.82) is 0 Å². The summed E-state index contributed by atoms with van der Waals surface area (Å²) in [4.78, 5) is 30.3. The van der Waals surface area contributed by atoms with Gasteiger partial charge in [-0.15, -0.1) is 0 Å². The van der Waals surface area contributed by atoms with Crippen LogP contribution in [0.4, 0.5) is 5.69 Å². The van der Waals surface area contributed by atoms with Crippen molar-refractivity contribution < 1.29 is 9.59 Å². The molecule has 2 aromatic rings. The monoisotopic (exact) mass is 431 g/mol. The number of anilines is 1. The first kappa shape index (κ1) is 21.2. The molecule has 168 valence electrons. The molecular formula is C27H33N3O2. The minimum Gasteiger partial charge on any atom is -0.339 e. The number of Topliss-reactive ketones (excluding diaryl/α,β-unsaturated/α-hetero) is 1. The van der Waals surface area contributed by atoms with Crippen molar-refractivity contribution in [2.45, 2.75) is 44.1 Å². The second-order valence-electron chi connectivity index (χ2n) is 9.89. The number of nitrogens with one attached hydrogen (secondary N) is 1. The number of carbonyl (C=O) groups excluding carboxylic acids is 2. The summed E-state index contributed by atoms with van der Waals surface area (Å²) in [5.41, 5.74) is 1.97. The molecule has 1 N–H and O–H groups in total. The minimum absolute atomic E-state index is 0.157. The van der Waals surface area contributed by atoms with Crippen LogP contribution in [0.15, 0.2) is 60.7 Å². The zero-order chi connectivity index (χ0) is 22.1. The molecule has 2 heterocycles. The molecule has 5 heteroatoms. The normalized spacial score (nSPS) is 25.5. The summed E-state index contributed by atoms with van der Waals surface area (Å²) < 4.78 is 0. The van der Waals surface area contributed by atoms with E-state index in [0.29, 0.717) is 30.7 Å². The highest BCUT2D eigenvalue weighted by Gasteiger charge is 2.50. The standard InChI is InChI=1S/C27H33N3O2/c1-20(16-25(31)24-17-23(24)21-8-4-2-5-9-21)18-29-14-12-27(13-15-29)26(32)28-19-30(27)22-10-6-3-7-11-22/h2-11,20,23-24H,12-19H2,1H3,(H,28,32)/t20-,23+,24?/m1/s1. The van der Waals surface area contributed by atoms with Gasteiger partial charge >= 0.3 is 0 Å². The molecule has 0 aromatic heterocycles. The number of para-hydroxylation sites is 1. The first-order chi connectivity index (χ1) is 15.6. The minimum atomic E-state index is -0.437. The van der Waals surface area contributed by atoms with E-state index in [2.05, 4.69) is 58.4 Å². The Morgan fingerprint density at radius 3 is 2.41 bits per heavy atom. The predicted octanol–water partition coefficient (Wildman–Crippen LogP) is 3.81. The van der Waals surface area contributed by atoms with E-state index in [1.54, 1.807) is 0 Å². The molecule has 1 amide bonds. The summed E-state index contributed by atoms with van der Waals surface area (Å²) >= 11 is 0. The molecule has 0 bridgehead atoms. The van der Waals surface area contributed by atoms with Crippen LogP contribution in [0.1, 0.15) is 44.1 Å². The van der Waals surface area contributed by atoms with Crippen LogP contribution in [0, 0.1) is 11.8 Å². The van der Waals surface area contributed by atoms with E-state index in [1.807, 2.05) is 24.3 Å². The molecule has 1 aliphatic carbocycles. The highest BCUT2D eigenvalue weighted by molar-refractivity contribution is 5.93. The Morgan fingerprint density at radius 2 is 1.72 bits per heavy atom. The Labute approximate surface area is 190 Å². The average Bonchev–Trinajstić information content (AvgIpc) is 3.57. The van der Waals surface area contributed by atoms with Crippen LogP contribution < -0.4 is 10.2 Å². The fourth-order valence-electron chi connectivity index (χ4n) is 5.76. The number of benzene rings is 2. The van der Waals surface area contributed by atoms with Crippen LogP contribution in [0.2, 0.25) is 0 Å². The number of hydrogen-bond donors (Lipinski definition) is 1. The molecule has 0 radical (unpaired) electrons. The van der Waals surface area contributed by atoms with E-state index in [9.17, 15) is 9.59 Å². The van der Waals surface area contributed by atoms with Crippen molar-refractivity contribution in [3.8, 4) is 0 Å². The third-order valence-electron chi connectivity index (χ3n) is 7.64. The molecule has 2 saturated heterocycles.